The quantitative estimate of drug-likeness (QED) is 0.493. The number of rotatable bonds is 9. The van der Waals surface area contributed by atoms with Gasteiger partial charge in [0.05, 0.1) is 19.5 Å². The van der Waals surface area contributed by atoms with Crippen LogP contribution in [0.25, 0.3) is 0 Å². The number of hydrogen-bond acceptors (Lipinski definition) is 5. The van der Waals surface area contributed by atoms with E-state index < -0.39 is 22.0 Å². The zero-order valence-corrected chi connectivity index (χ0v) is 12.5. The molecule has 114 valence electrons. The maximum atomic E-state index is 12.2. The van der Waals surface area contributed by atoms with E-state index in [9.17, 15) is 13.2 Å². The highest BCUT2D eigenvalue weighted by atomic mass is 32.2. The second-order valence-corrected chi connectivity index (χ2v) is 6.62. The molecule has 0 aliphatic carbocycles. The van der Waals surface area contributed by atoms with Crippen molar-refractivity contribution in [2.75, 3.05) is 32.6 Å². The molecule has 1 atom stereocenters. The summed E-state index contributed by atoms with van der Waals surface area (Å²) in [5.41, 5.74) is 0. The van der Waals surface area contributed by atoms with Crippen molar-refractivity contribution in [2.45, 2.75) is 26.3 Å². The Morgan fingerprint density at radius 2 is 1.68 bits per heavy atom. The minimum atomic E-state index is -3.50. The molecule has 0 bridgehead atoms. The van der Waals surface area contributed by atoms with Gasteiger partial charge in [0.2, 0.25) is 15.9 Å². The van der Waals surface area contributed by atoms with Gasteiger partial charge in [-0.2, -0.15) is 0 Å². The Morgan fingerprint density at radius 1 is 1.21 bits per heavy atom. The highest BCUT2D eigenvalue weighted by Gasteiger charge is 2.27. The van der Waals surface area contributed by atoms with Gasteiger partial charge in [-0.05, 0) is 12.3 Å². The van der Waals surface area contributed by atoms with Crippen LogP contribution < -0.4 is 4.72 Å². The minimum absolute atomic E-state index is 0.0689. The van der Waals surface area contributed by atoms with Gasteiger partial charge in [0.1, 0.15) is 6.04 Å². The molecule has 0 rings (SSSR count). The molecule has 0 saturated carbocycles. The molecule has 0 heterocycles. The minimum Gasteiger partial charge on any atom is -0.395 e. The molecule has 0 spiro atoms. The zero-order chi connectivity index (χ0) is 15.1. The Balaban J connectivity index is 4.94. The van der Waals surface area contributed by atoms with Crippen molar-refractivity contribution >= 4 is 15.9 Å². The van der Waals surface area contributed by atoms with Gasteiger partial charge < -0.3 is 15.1 Å². The standard InChI is InChI=1S/C11H24N2O5S/c1-9(2)8-10(12-19(3,17)18)11(16)13(4-6-14)5-7-15/h9-10,12,14-15H,4-8H2,1-3H3. The van der Waals surface area contributed by atoms with Gasteiger partial charge in [0.15, 0.2) is 0 Å². The predicted molar refractivity (Wildman–Crippen MR) is 72.0 cm³/mol. The highest BCUT2D eigenvalue weighted by Crippen LogP contribution is 2.09. The predicted octanol–water partition coefficient (Wildman–Crippen LogP) is -1.24. The zero-order valence-electron chi connectivity index (χ0n) is 11.7. The van der Waals surface area contributed by atoms with Gasteiger partial charge in [0.25, 0.3) is 0 Å². The number of aliphatic hydroxyl groups excluding tert-OH is 2. The Hall–Kier alpha value is -0.700. The third-order valence-electron chi connectivity index (χ3n) is 2.41. The van der Waals surface area contributed by atoms with Crippen LogP contribution in [0, 0.1) is 5.92 Å². The summed E-state index contributed by atoms with van der Waals surface area (Å²) in [6.45, 7) is 3.43. The average Bonchev–Trinajstić information content (AvgIpc) is 2.24. The number of amides is 1. The van der Waals surface area contributed by atoms with Crippen LogP contribution in [0.15, 0.2) is 0 Å². The summed E-state index contributed by atoms with van der Waals surface area (Å²) in [5.74, 6) is -0.296. The fourth-order valence-electron chi connectivity index (χ4n) is 1.72. The maximum Gasteiger partial charge on any atom is 0.240 e. The fraction of sp³-hybridized carbons (Fsp3) is 0.909. The number of hydrogen-bond donors (Lipinski definition) is 3. The van der Waals surface area contributed by atoms with E-state index in [0.29, 0.717) is 6.42 Å². The van der Waals surface area contributed by atoms with E-state index in [2.05, 4.69) is 4.72 Å². The molecular formula is C11H24N2O5S. The van der Waals surface area contributed by atoms with Crippen LogP contribution in [-0.4, -0.2) is 68.0 Å². The van der Waals surface area contributed by atoms with Crippen LogP contribution in [0.4, 0.5) is 0 Å². The molecule has 0 fully saturated rings. The molecule has 0 saturated heterocycles. The molecule has 3 N–H and O–H groups in total. The first kappa shape index (κ1) is 18.3. The third kappa shape index (κ3) is 8.14. The summed E-state index contributed by atoms with van der Waals surface area (Å²) in [4.78, 5) is 13.5. The molecule has 0 radical (unpaired) electrons. The van der Waals surface area contributed by atoms with Crippen LogP contribution in [0.2, 0.25) is 0 Å². The molecule has 19 heavy (non-hydrogen) atoms. The molecule has 8 heteroatoms. The Bertz CT molecular complexity index is 363. The summed E-state index contributed by atoms with van der Waals surface area (Å²) in [7, 11) is -3.50. The first-order chi connectivity index (χ1) is 8.71. The molecule has 0 aliphatic heterocycles. The molecule has 1 amide bonds. The second kappa shape index (κ2) is 8.47. The van der Waals surface area contributed by atoms with Gasteiger partial charge in [0, 0.05) is 13.1 Å². The summed E-state index contributed by atoms with van der Waals surface area (Å²) < 4.78 is 24.9. The lowest BCUT2D eigenvalue weighted by molar-refractivity contribution is -0.134. The molecule has 1 unspecified atom stereocenters. The van der Waals surface area contributed by atoms with Gasteiger partial charge in [-0.15, -0.1) is 0 Å². The molecule has 0 aromatic heterocycles. The first-order valence-corrected chi connectivity index (χ1v) is 8.08. The first-order valence-electron chi connectivity index (χ1n) is 6.19. The van der Waals surface area contributed by atoms with E-state index in [1.807, 2.05) is 13.8 Å². The summed E-state index contributed by atoms with van der Waals surface area (Å²) >= 11 is 0. The third-order valence-corrected chi connectivity index (χ3v) is 3.13. The lowest BCUT2D eigenvalue weighted by Crippen LogP contribution is -2.50. The lowest BCUT2D eigenvalue weighted by Gasteiger charge is -2.27. The van der Waals surface area contributed by atoms with Crippen LogP contribution in [-0.2, 0) is 14.8 Å². The van der Waals surface area contributed by atoms with E-state index in [1.54, 1.807) is 0 Å². The summed E-state index contributed by atoms with van der Waals surface area (Å²) in [5, 5.41) is 17.8. The second-order valence-electron chi connectivity index (χ2n) is 4.84. The Morgan fingerprint density at radius 3 is 2.00 bits per heavy atom. The monoisotopic (exact) mass is 296 g/mol. The molecule has 0 aliphatic rings. The number of carbonyl (C=O) groups excluding carboxylic acids is 1. The van der Waals surface area contributed by atoms with E-state index in [0.717, 1.165) is 6.26 Å². The Labute approximate surface area is 114 Å². The highest BCUT2D eigenvalue weighted by molar-refractivity contribution is 7.88. The number of sulfonamides is 1. The lowest BCUT2D eigenvalue weighted by atomic mass is 10.0. The largest absolute Gasteiger partial charge is 0.395 e. The van der Waals surface area contributed by atoms with Crippen molar-refractivity contribution in [1.82, 2.24) is 9.62 Å². The number of nitrogens with zero attached hydrogens (tertiary/aromatic N) is 1. The number of aliphatic hydroxyl groups is 2. The van der Waals surface area contributed by atoms with Gasteiger partial charge >= 0.3 is 0 Å². The number of nitrogens with one attached hydrogen (secondary N) is 1. The smallest absolute Gasteiger partial charge is 0.240 e. The normalized spacial score (nSPS) is 13.6. The van der Waals surface area contributed by atoms with Crippen LogP contribution >= 0.6 is 0 Å². The SMILES string of the molecule is CC(C)CC(NS(C)(=O)=O)C(=O)N(CCO)CCO. The average molecular weight is 296 g/mol. The van der Waals surface area contributed by atoms with Crippen LogP contribution in [0.5, 0.6) is 0 Å². The van der Waals surface area contributed by atoms with Gasteiger partial charge in [-0.25, -0.2) is 13.1 Å². The number of carbonyl (C=O) groups is 1. The molecule has 0 aromatic carbocycles. The van der Waals surface area contributed by atoms with Crippen molar-refractivity contribution < 1.29 is 23.4 Å². The van der Waals surface area contributed by atoms with Crippen molar-refractivity contribution in [2.24, 2.45) is 5.92 Å². The van der Waals surface area contributed by atoms with Crippen molar-refractivity contribution in [3.05, 3.63) is 0 Å². The van der Waals surface area contributed by atoms with Crippen LogP contribution in [0.1, 0.15) is 20.3 Å². The van der Waals surface area contributed by atoms with Crippen molar-refractivity contribution in [3.8, 4) is 0 Å². The molecule has 0 aromatic rings. The van der Waals surface area contributed by atoms with E-state index in [1.165, 1.54) is 4.90 Å². The summed E-state index contributed by atoms with van der Waals surface area (Å²) in [6.07, 6.45) is 1.36. The maximum absolute atomic E-state index is 12.2. The van der Waals surface area contributed by atoms with Crippen molar-refractivity contribution in [3.63, 3.8) is 0 Å². The molecule has 7 nitrogen and oxygen atoms in total. The topological polar surface area (TPSA) is 107 Å². The van der Waals surface area contributed by atoms with E-state index in [-0.39, 0.29) is 32.2 Å². The van der Waals surface area contributed by atoms with Crippen LogP contribution in [0.3, 0.4) is 0 Å². The van der Waals surface area contributed by atoms with Gasteiger partial charge in [-0.1, -0.05) is 13.8 Å². The van der Waals surface area contributed by atoms with E-state index in [4.69, 9.17) is 10.2 Å². The molecular weight excluding hydrogens is 272 g/mol. The summed E-state index contributed by atoms with van der Waals surface area (Å²) in [6, 6.07) is -0.868. The Kier molecular flexibility index (Phi) is 8.15. The van der Waals surface area contributed by atoms with Crippen molar-refractivity contribution in [1.29, 1.82) is 0 Å². The van der Waals surface area contributed by atoms with E-state index >= 15 is 0 Å². The fourth-order valence-corrected chi connectivity index (χ4v) is 2.44. The van der Waals surface area contributed by atoms with Gasteiger partial charge in [-0.3, -0.25) is 4.79 Å².